The minimum atomic E-state index is -0.151. The molecule has 1 fully saturated rings. The van der Waals surface area contributed by atoms with Crippen molar-refractivity contribution in [2.24, 2.45) is 5.92 Å². The summed E-state index contributed by atoms with van der Waals surface area (Å²) in [6.07, 6.45) is 5.34. The van der Waals surface area contributed by atoms with E-state index in [9.17, 15) is 5.11 Å². The molecule has 1 saturated heterocycles. The number of aliphatic hydroxyl groups excluding tert-OH is 1. The van der Waals surface area contributed by atoms with Gasteiger partial charge in [-0.05, 0) is 31.5 Å². The predicted molar refractivity (Wildman–Crippen MR) is 59.6 cm³/mol. The SMILES string of the molecule is CN1CC[C@H](O)[C@@H](Cc2cccnc2)C1. The Morgan fingerprint density at radius 2 is 2.47 bits per heavy atom. The van der Waals surface area contributed by atoms with Crippen LogP contribution in [0.5, 0.6) is 0 Å². The Labute approximate surface area is 90.8 Å². The Morgan fingerprint density at radius 1 is 1.60 bits per heavy atom. The average molecular weight is 206 g/mol. The molecule has 1 aliphatic heterocycles. The monoisotopic (exact) mass is 206 g/mol. The van der Waals surface area contributed by atoms with E-state index in [2.05, 4.69) is 23.0 Å². The van der Waals surface area contributed by atoms with E-state index >= 15 is 0 Å². The zero-order chi connectivity index (χ0) is 10.7. The Kier molecular flexibility index (Phi) is 3.34. The van der Waals surface area contributed by atoms with Crippen molar-refractivity contribution in [1.29, 1.82) is 0 Å². The van der Waals surface area contributed by atoms with E-state index in [1.807, 2.05) is 12.3 Å². The van der Waals surface area contributed by atoms with Gasteiger partial charge in [0.2, 0.25) is 0 Å². The molecule has 0 amide bonds. The van der Waals surface area contributed by atoms with Crippen molar-refractivity contribution in [1.82, 2.24) is 9.88 Å². The van der Waals surface area contributed by atoms with Crippen LogP contribution in [-0.2, 0) is 6.42 Å². The highest BCUT2D eigenvalue weighted by Crippen LogP contribution is 2.20. The molecule has 1 aromatic heterocycles. The molecule has 0 bridgehead atoms. The van der Waals surface area contributed by atoms with E-state index in [4.69, 9.17) is 0 Å². The number of aromatic nitrogens is 1. The minimum Gasteiger partial charge on any atom is -0.393 e. The van der Waals surface area contributed by atoms with Crippen LogP contribution < -0.4 is 0 Å². The van der Waals surface area contributed by atoms with Gasteiger partial charge in [-0.2, -0.15) is 0 Å². The Bertz CT molecular complexity index is 302. The van der Waals surface area contributed by atoms with Gasteiger partial charge in [-0.15, -0.1) is 0 Å². The van der Waals surface area contributed by atoms with Crippen LogP contribution in [-0.4, -0.2) is 41.2 Å². The zero-order valence-corrected chi connectivity index (χ0v) is 9.13. The first-order valence-electron chi connectivity index (χ1n) is 5.51. The van der Waals surface area contributed by atoms with Gasteiger partial charge in [0.05, 0.1) is 6.10 Å². The fourth-order valence-electron chi connectivity index (χ4n) is 2.22. The molecular weight excluding hydrogens is 188 g/mol. The van der Waals surface area contributed by atoms with Gasteiger partial charge < -0.3 is 10.0 Å². The van der Waals surface area contributed by atoms with E-state index in [-0.39, 0.29) is 6.10 Å². The highest BCUT2D eigenvalue weighted by atomic mass is 16.3. The van der Waals surface area contributed by atoms with Crippen molar-refractivity contribution in [3.05, 3.63) is 30.1 Å². The second kappa shape index (κ2) is 4.73. The first-order valence-corrected chi connectivity index (χ1v) is 5.51. The van der Waals surface area contributed by atoms with Gasteiger partial charge in [-0.25, -0.2) is 0 Å². The van der Waals surface area contributed by atoms with E-state index in [0.717, 1.165) is 25.9 Å². The molecule has 1 N–H and O–H groups in total. The molecule has 2 atom stereocenters. The van der Waals surface area contributed by atoms with Crippen molar-refractivity contribution < 1.29 is 5.11 Å². The summed E-state index contributed by atoms with van der Waals surface area (Å²) in [7, 11) is 2.11. The molecule has 0 spiro atoms. The summed E-state index contributed by atoms with van der Waals surface area (Å²) in [5.74, 6) is 0.355. The van der Waals surface area contributed by atoms with Crippen LogP contribution in [0.1, 0.15) is 12.0 Å². The van der Waals surface area contributed by atoms with Crippen LogP contribution in [0.4, 0.5) is 0 Å². The van der Waals surface area contributed by atoms with Crippen LogP contribution in [0.25, 0.3) is 0 Å². The number of likely N-dealkylation sites (tertiary alicyclic amines) is 1. The van der Waals surface area contributed by atoms with Gasteiger partial charge in [-0.1, -0.05) is 6.07 Å². The summed E-state index contributed by atoms with van der Waals surface area (Å²) in [6, 6.07) is 4.03. The third kappa shape index (κ3) is 2.76. The number of nitrogens with zero attached hydrogens (tertiary/aromatic N) is 2. The van der Waals surface area contributed by atoms with Crippen molar-refractivity contribution in [2.45, 2.75) is 18.9 Å². The molecule has 1 aromatic rings. The lowest BCUT2D eigenvalue weighted by Gasteiger charge is -2.33. The van der Waals surface area contributed by atoms with Crippen molar-refractivity contribution in [3.8, 4) is 0 Å². The Hall–Kier alpha value is -0.930. The van der Waals surface area contributed by atoms with E-state index < -0.39 is 0 Å². The summed E-state index contributed by atoms with van der Waals surface area (Å²) < 4.78 is 0. The molecule has 0 saturated carbocycles. The normalized spacial score (nSPS) is 27.9. The van der Waals surface area contributed by atoms with E-state index in [0.29, 0.717) is 5.92 Å². The molecule has 0 unspecified atom stereocenters. The summed E-state index contributed by atoms with van der Waals surface area (Å²) in [4.78, 5) is 6.38. The van der Waals surface area contributed by atoms with E-state index in [1.165, 1.54) is 5.56 Å². The van der Waals surface area contributed by atoms with Crippen molar-refractivity contribution in [3.63, 3.8) is 0 Å². The van der Waals surface area contributed by atoms with Crippen LogP contribution >= 0.6 is 0 Å². The maximum absolute atomic E-state index is 9.90. The third-order valence-electron chi connectivity index (χ3n) is 3.12. The van der Waals surface area contributed by atoms with Crippen LogP contribution in [0.3, 0.4) is 0 Å². The molecule has 0 aromatic carbocycles. The van der Waals surface area contributed by atoms with Gasteiger partial charge in [0.25, 0.3) is 0 Å². The van der Waals surface area contributed by atoms with E-state index in [1.54, 1.807) is 6.20 Å². The number of rotatable bonds is 2. The lowest BCUT2D eigenvalue weighted by Crippen LogP contribution is -2.41. The number of piperidine rings is 1. The highest BCUT2D eigenvalue weighted by molar-refractivity contribution is 5.10. The molecule has 2 rings (SSSR count). The highest BCUT2D eigenvalue weighted by Gasteiger charge is 2.25. The molecule has 1 aliphatic rings. The summed E-state index contributed by atoms with van der Waals surface area (Å²) >= 11 is 0. The lowest BCUT2D eigenvalue weighted by molar-refractivity contribution is 0.0366. The van der Waals surface area contributed by atoms with Crippen molar-refractivity contribution in [2.75, 3.05) is 20.1 Å². The number of aliphatic hydroxyl groups is 1. The zero-order valence-electron chi connectivity index (χ0n) is 9.13. The van der Waals surface area contributed by atoms with Crippen LogP contribution in [0, 0.1) is 5.92 Å². The first-order chi connectivity index (χ1) is 7.25. The Balaban J connectivity index is 1.98. The number of hydrogen-bond donors (Lipinski definition) is 1. The largest absolute Gasteiger partial charge is 0.393 e. The fraction of sp³-hybridized carbons (Fsp3) is 0.583. The minimum absolute atomic E-state index is 0.151. The van der Waals surface area contributed by atoms with Gasteiger partial charge in [0, 0.05) is 31.4 Å². The average Bonchev–Trinajstić information content (AvgIpc) is 2.25. The fourth-order valence-corrected chi connectivity index (χ4v) is 2.22. The van der Waals surface area contributed by atoms with Crippen molar-refractivity contribution >= 4 is 0 Å². The second-order valence-corrected chi connectivity index (χ2v) is 4.44. The lowest BCUT2D eigenvalue weighted by atomic mass is 9.89. The molecule has 0 radical (unpaired) electrons. The quantitative estimate of drug-likeness (QED) is 0.782. The van der Waals surface area contributed by atoms with Gasteiger partial charge in [0.15, 0.2) is 0 Å². The summed E-state index contributed by atoms with van der Waals surface area (Å²) in [5.41, 5.74) is 1.22. The van der Waals surface area contributed by atoms with Gasteiger partial charge >= 0.3 is 0 Å². The number of pyridine rings is 1. The molecule has 82 valence electrons. The summed E-state index contributed by atoms with van der Waals surface area (Å²) in [5, 5.41) is 9.90. The number of hydrogen-bond acceptors (Lipinski definition) is 3. The Morgan fingerprint density at radius 3 is 3.20 bits per heavy atom. The molecule has 2 heterocycles. The third-order valence-corrected chi connectivity index (χ3v) is 3.12. The van der Waals surface area contributed by atoms with Gasteiger partial charge in [-0.3, -0.25) is 4.98 Å². The maximum atomic E-state index is 9.90. The molecular formula is C12H18N2O. The maximum Gasteiger partial charge on any atom is 0.0596 e. The molecule has 15 heavy (non-hydrogen) atoms. The van der Waals surface area contributed by atoms with Gasteiger partial charge in [0.1, 0.15) is 0 Å². The molecule has 0 aliphatic carbocycles. The summed E-state index contributed by atoms with van der Waals surface area (Å²) in [6.45, 7) is 1.99. The topological polar surface area (TPSA) is 36.4 Å². The second-order valence-electron chi connectivity index (χ2n) is 4.44. The molecule has 3 nitrogen and oxygen atoms in total. The van der Waals surface area contributed by atoms with Crippen LogP contribution in [0.2, 0.25) is 0 Å². The first kappa shape index (κ1) is 10.6. The predicted octanol–water partition coefficient (Wildman–Crippen LogP) is 0.937. The van der Waals surface area contributed by atoms with Crippen LogP contribution in [0.15, 0.2) is 24.5 Å². The standard InChI is InChI=1S/C12H18N2O/c1-14-6-4-12(15)11(9-14)7-10-3-2-5-13-8-10/h2-3,5,8,11-12,15H,4,6-7,9H2,1H3/t11-,12-/m0/s1. The molecule has 3 heteroatoms. The smallest absolute Gasteiger partial charge is 0.0596 e.